The zero-order valence-corrected chi connectivity index (χ0v) is 16.0. The highest BCUT2D eigenvalue weighted by atomic mass is 79.9. The lowest BCUT2D eigenvalue weighted by molar-refractivity contribution is 0.199. The largest absolute Gasteiger partial charge is 0.489 e. The molecule has 2 rings (SSSR count). The Morgan fingerprint density at radius 1 is 1.13 bits per heavy atom. The highest BCUT2D eigenvalue weighted by Crippen LogP contribution is 2.25. The van der Waals surface area contributed by atoms with Crippen molar-refractivity contribution >= 4 is 39.9 Å². The molecule has 0 aliphatic heterocycles. The number of rotatable bonds is 8. The van der Waals surface area contributed by atoms with Gasteiger partial charge in [-0.1, -0.05) is 45.7 Å². The fourth-order valence-corrected chi connectivity index (χ4v) is 2.59. The van der Waals surface area contributed by atoms with Crippen molar-refractivity contribution in [3.05, 3.63) is 63.1 Å². The number of halogens is 3. The first-order valence-electron chi connectivity index (χ1n) is 7.05. The van der Waals surface area contributed by atoms with Crippen LogP contribution < -0.4 is 10.1 Å². The van der Waals surface area contributed by atoms with E-state index in [1.165, 1.54) is 0 Å². The van der Waals surface area contributed by atoms with Crippen LogP contribution in [-0.4, -0.2) is 20.3 Å². The van der Waals surface area contributed by atoms with Gasteiger partial charge < -0.3 is 14.8 Å². The Hall–Kier alpha value is -0.780. The Morgan fingerprint density at radius 2 is 1.91 bits per heavy atom. The highest BCUT2D eigenvalue weighted by molar-refractivity contribution is 9.10. The monoisotopic (exact) mass is 419 g/mol. The fourth-order valence-electron chi connectivity index (χ4n) is 2.00. The second-order valence-electron chi connectivity index (χ2n) is 4.80. The van der Waals surface area contributed by atoms with Gasteiger partial charge in [-0.15, -0.1) is 12.4 Å². The first kappa shape index (κ1) is 20.3. The predicted octanol–water partition coefficient (Wildman–Crippen LogP) is 4.84. The lowest BCUT2D eigenvalue weighted by Crippen LogP contribution is -2.19. The van der Waals surface area contributed by atoms with Gasteiger partial charge in [-0.3, -0.25) is 0 Å². The van der Waals surface area contributed by atoms with Crippen molar-refractivity contribution in [3.63, 3.8) is 0 Å². The normalized spacial score (nSPS) is 10.2. The summed E-state index contributed by atoms with van der Waals surface area (Å²) in [5.74, 6) is 0.855. The minimum absolute atomic E-state index is 0. The van der Waals surface area contributed by atoms with Crippen molar-refractivity contribution in [1.82, 2.24) is 5.32 Å². The van der Waals surface area contributed by atoms with E-state index < -0.39 is 0 Å². The van der Waals surface area contributed by atoms with Crippen LogP contribution >= 0.6 is 39.9 Å². The molecule has 1 N–H and O–H groups in total. The van der Waals surface area contributed by atoms with Crippen molar-refractivity contribution in [2.24, 2.45) is 0 Å². The van der Waals surface area contributed by atoms with E-state index in [0.29, 0.717) is 13.2 Å². The Morgan fingerprint density at radius 3 is 2.65 bits per heavy atom. The summed E-state index contributed by atoms with van der Waals surface area (Å²) in [6, 6.07) is 13.7. The van der Waals surface area contributed by atoms with Crippen molar-refractivity contribution in [3.8, 4) is 5.75 Å². The molecule has 0 fully saturated rings. The van der Waals surface area contributed by atoms with Crippen molar-refractivity contribution in [2.75, 3.05) is 20.3 Å². The number of ether oxygens (including phenoxy) is 2. The smallest absolute Gasteiger partial charge is 0.124 e. The molecular formula is C17H20BrCl2NO2. The van der Waals surface area contributed by atoms with Gasteiger partial charge in [0.2, 0.25) is 0 Å². The topological polar surface area (TPSA) is 30.5 Å². The van der Waals surface area contributed by atoms with Gasteiger partial charge in [-0.25, -0.2) is 0 Å². The number of benzene rings is 2. The second-order valence-corrected chi connectivity index (χ2v) is 6.12. The van der Waals surface area contributed by atoms with E-state index in [4.69, 9.17) is 21.1 Å². The maximum atomic E-state index is 6.16. The van der Waals surface area contributed by atoms with E-state index in [1.54, 1.807) is 7.11 Å². The summed E-state index contributed by atoms with van der Waals surface area (Å²) in [6.07, 6.45) is 0. The number of methoxy groups -OCH3 is 1. The van der Waals surface area contributed by atoms with Crippen molar-refractivity contribution in [2.45, 2.75) is 13.2 Å². The molecule has 126 valence electrons. The molecule has 0 aromatic heterocycles. The Labute approximate surface area is 156 Å². The fraction of sp³-hybridized carbons (Fsp3) is 0.294. The third-order valence-electron chi connectivity index (χ3n) is 3.16. The van der Waals surface area contributed by atoms with E-state index in [0.717, 1.165) is 39.5 Å². The lowest BCUT2D eigenvalue weighted by atomic mass is 10.2. The Kier molecular flexibility index (Phi) is 9.60. The van der Waals surface area contributed by atoms with Gasteiger partial charge in [-0.2, -0.15) is 0 Å². The third kappa shape index (κ3) is 6.69. The molecule has 0 unspecified atom stereocenters. The summed E-state index contributed by atoms with van der Waals surface area (Å²) < 4.78 is 12.0. The van der Waals surface area contributed by atoms with Crippen LogP contribution in [0, 0.1) is 0 Å². The molecular weight excluding hydrogens is 401 g/mol. The van der Waals surface area contributed by atoms with Crippen LogP contribution in [0.4, 0.5) is 0 Å². The van der Waals surface area contributed by atoms with E-state index in [9.17, 15) is 0 Å². The third-order valence-corrected chi connectivity index (χ3v) is 4.02. The maximum absolute atomic E-state index is 6.16. The van der Waals surface area contributed by atoms with Gasteiger partial charge in [0.25, 0.3) is 0 Å². The van der Waals surface area contributed by atoms with Gasteiger partial charge in [0.15, 0.2) is 0 Å². The molecule has 6 heteroatoms. The van der Waals surface area contributed by atoms with Gasteiger partial charge in [0.05, 0.1) is 6.61 Å². The number of hydrogen-bond acceptors (Lipinski definition) is 3. The van der Waals surface area contributed by atoms with Gasteiger partial charge in [0.1, 0.15) is 12.4 Å². The Bertz CT molecular complexity index is 611. The second kappa shape index (κ2) is 10.9. The van der Waals surface area contributed by atoms with Crippen molar-refractivity contribution in [1.29, 1.82) is 0 Å². The molecule has 0 saturated carbocycles. The van der Waals surface area contributed by atoms with Crippen LogP contribution in [0.3, 0.4) is 0 Å². The van der Waals surface area contributed by atoms with Gasteiger partial charge >= 0.3 is 0 Å². The van der Waals surface area contributed by atoms with Crippen molar-refractivity contribution < 1.29 is 9.47 Å². The van der Waals surface area contributed by atoms with Crippen LogP contribution in [0.5, 0.6) is 5.75 Å². The zero-order valence-electron chi connectivity index (χ0n) is 12.9. The molecule has 0 saturated heterocycles. The molecule has 0 aliphatic carbocycles. The highest BCUT2D eigenvalue weighted by Gasteiger charge is 2.06. The molecule has 0 aliphatic rings. The summed E-state index contributed by atoms with van der Waals surface area (Å²) >= 11 is 9.66. The minimum atomic E-state index is 0. The zero-order chi connectivity index (χ0) is 15.8. The SMILES string of the molecule is COCCNCc1cc(Br)ccc1OCc1ccccc1Cl.Cl. The molecule has 0 radical (unpaired) electrons. The number of hydrogen-bond donors (Lipinski definition) is 1. The summed E-state index contributed by atoms with van der Waals surface area (Å²) in [7, 11) is 1.69. The first-order chi connectivity index (χ1) is 10.7. The van der Waals surface area contributed by atoms with Gasteiger partial charge in [-0.05, 0) is 24.3 Å². The molecule has 0 heterocycles. The van der Waals surface area contributed by atoms with E-state index >= 15 is 0 Å². The van der Waals surface area contributed by atoms with Crippen LogP contribution in [-0.2, 0) is 17.9 Å². The average Bonchev–Trinajstić information content (AvgIpc) is 2.52. The van der Waals surface area contributed by atoms with E-state index in [1.807, 2.05) is 36.4 Å². The van der Waals surface area contributed by atoms with Crippen LogP contribution in [0.1, 0.15) is 11.1 Å². The number of nitrogens with one attached hydrogen (secondary N) is 1. The van der Waals surface area contributed by atoms with E-state index in [-0.39, 0.29) is 12.4 Å². The minimum Gasteiger partial charge on any atom is -0.489 e. The Balaban J connectivity index is 0.00000264. The lowest BCUT2D eigenvalue weighted by Gasteiger charge is -2.13. The summed E-state index contributed by atoms with van der Waals surface area (Å²) in [5, 5.41) is 4.05. The van der Waals surface area contributed by atoms with Crippen LogP contribution in [0.15, 0.2) is 46.9 Å². The molecule has 0 amide bonds. The van der Waals surface area contributed by atoms with E-state index in [2.05, 4.69) is 27.3 Å². The maximum Gasteiger partial charge on any atom is 0.124 e. The molecule has 0 spiro atoms. The molecule has 3 nitrogen and oxygen atoms in total. The summed E-state index contributed by atoms with van der Waals surface area (Å²) in [4.78, 5) is 0. The quantitative estimate of drug-likeness (QED) is 0.619. The molecule has 23 heavy (non-hydrogen) atoms. The average molecular weight is 421 g/mol. The van der Waals surface area contributed by atoms with Crippen LogP contribution in [0.25, 0.3) is 0 Å². The summed E-state index contributed by atoms with van der Waals surface area (Å²) in [5.41, 5.74) is 2.07. The summed E-state index contributed by atoms with van der Waals surface area (Å²) in [6.45, 7) is 2.66. The molecule has 2 aromatic carbocycles. The van der Waals surface area contributed by atoms with Crippen LogP contribution in [0.2, 0.25) is 5.02 Å². The standard InChI is InChI=1S/C17H19BrClNO2.ClH/c1-21-9-8-20-11-14-10-15(18)6-7-17(14)22-12-13-4-2-3-5-16(13)19;/h2-7,10,20H,8-9,11-12H2,1H3;1H. The molecule has 2 aromatic rings. The molecule has 0 bridgehead atoms. The molecule has 0 atom stereocenters. The van der Waals surface area contributed by atoms with Gasteiger partial charge in [0, 0.05) is 40.8 Å². The predicted molar refractivity (Wildman–Crippen MR) is 101 cm³/mol. The first-order valence-corrected chi connectivity index (χ1v) is 8.22.